The van der Waals surface area contributed by atoms with Crippen LogP contribution in [0.15, 0.2) is 0 Å². The standard InChI is InChI=1S/C15H30N2O3/c1-5-7-8-9-13(3)16-14(18)12-17(6-2)11-10-15(19)20-4/h13H,5-12H2,1-4H3,(H,16,18). The van der Waals surface area contributed by atoms with E-state index in [1.165, 1.54) is 20.0 Å². The van der Waals surface area contributed by atoms with Gasteiger partial charge in [0.25, 0.3) is 0 Å². The molecule has 0 bridgehead atoms. The Balaban J connectivity index is 3.92. The van der Waals surface area contributed by atoms with Gasteiger partial charge in [0.2, 0.25) is 5.91 Å². The van der Waals surface area contributed by atoms with Crippen LogP contribution >= 0.6 is 0 Å². The van der Waals surface area contributed by atoms with Gasteiger partial charge in [0.05, 0.1) is 20.1 Å². The highest BCUT2D eigenvalue weighted by Gasteiger charge is 2.13. The molecule has 1 amide bonds. The topological polar surface area (TPSA) is 58.6 Å². The highest BCUT2D eigenvalue weighted by Crippen LogP contribution is 2.03. The fraction of sp³-hybridized carbons (Fsp3) is 0.867. The van der Waals surface area contributed by atoms with E-state index < -0.39 is 0 Å². The first kappa shape index (κ1) is 18.9. The molecule has 1 atom stereocenters. The molecule has 0 aromatic carbocycles. The minimum absolute atomic E-state index is 0.0284. The predicted octanol–water partition coefficient (Wildman–Crippen LogP) is 1.96. The lowest BCUT2D eigenvalue weighted by atomic mass is 10.1. The summed E-state index contributed by atoms with van der Waals surface area (Å²) in [6.07, 6.45) is 4.90. The highest BCUT2D eigenvalue weighted by molar-refractivity contribution is 5.78. The summed E-state index contributed by atoms with van der Waals surface area (Å²) in [5, 5.41) is 3.01. The molecule has 118 valence electrons. The van der Waals surface area contributed by atoms with Gasteiger partial charge in [0.1, 0.15) is 0 Å². The van der Waals surface area contributed by atoms with Crippen LogP contribution in [-0.4, -0.2) is 49.6 Å². The van der Waals surface area contributed by atoms with Crippen molar-refractivity contribution in [3.05, 3.63) is 0 Å². The van der Waals surface area contributed by atoms with Gasteiger partial charge in [-0.2, -0.15) is 0 Å². The van der Waals surface area contributed by atoms with Gasteiger partial charge in [0, 0.05) is 12.6 Å². The normalized spacial score (nSPS) is 12.2. The molecule has 0 aromatic heterocycles. The zero-order chi connectivity index (χ0) is 15.4. The highest BCUT2D eigenvalue weighted by atomic mass is 16.5. The Morgan fingerprint density at radius 1 is 1.25 bits per heavy atom. The Labute approximate surface area is 123 Å². The fourth-order valence-corrected chi connectivity index (χ4v) is 2.00. The molecule has 0 aliphatic heterocycles. The molecule has 0 aliphatic rings. The number of carbonyl (C=O) groups is 2. The zero-order valence-corrected chi connectivity index (χ0v) is 13.4. The number of unbranched alkanes of at least 4 members (excludes halogenated alkanes) is 2. The van der Waals surface area contributed by atoms with Gasteiger partial charge >= 0.3 is 5.97 Å². The third kappa shape index (κ3) is 9.78. The maximum Gasteiger partial charge on any atom is 0.306 e. The summed E-state index contributed by atoms with van der Waals surface area (Å²) in [6, 6.07) is 0.216. The minimum atomic E-state index is -0.239. The van der Waals surface area contributed by atoms with Crippen LogP contribution < -0.4 is 5.32 Å². The van der Waals surface area contributed by atoms with Gasteiger partial charge in [-0.3, -0.25) is 14.5 Å². The van der Waals surface area contributed by atoms with Crippen LogP contribution in [0.25, 0.3) is 0 Å². The fourth-order valence-electron chi connectivity index (χ4n) is 2.00. The number of methoxy groups -OCH3 is 1. The van der Waals surface area contributed by atoms with Crippen LogP contribution in [0.5, 0.6) is 0 Å². The second-order valence-corrected chi connectivity index (χ2v) is 5.16. The van der Waals surface area contributed by atoms with E-state index in [-0.39, 0.29) is 17.9 Å². The number of amides is 1. The third-order valence-corrected chi connectivity index (χ3v) is 3.32. The number of hydrogen-bond acceptors (Lipinski definition) is 4. The van der Waals surface area contributed by atoms with E-state index >= 15 is 0 Å². The van der Waals surface area contributed by atoms with E-state index in [9.17, 15) is 9.59 Å². The molecule has 0 heterocycles. The van der Waals surface area contributed by atoms with E-state index in [1.807, 2.05) is 18.7 Å². The maximum absolute atomic E-state index is 11.9. The average Bonchev–Trinajstić information content (AvgIpc) is 2.43. The number of nitrogens with zero attached hydrogens (tertiary/aromatic N) is 1. The van der Waals surface area contributed by atoms with E-state index in [0.717, 1.165) is 19.4 Å². The van der Waals surface area contributed by atoms with Gasteiger partial charge in [-0.15, -0.1) is 0 Å². The third-order valence-electron chi connectivity index (χ3n) is 3.32. The first-order valence-electron chi connectivity index (χ1n) is 7.61. The summed E-state index contributed by atoms with van der Waals surface area (Å²) in [6.45, 7) is 7.83. The Morgan fingerprint density at radius 3 is 2.50 bits per heavy atom. The Morgan fingerprint density at radius 2 is 1.95 bits per heavy atom. The van der Waals surface area contributed by atoms with Gasteiger partial charge in [-0.25, -0.2) is 0 Å². The number of hydrogen-bond donors (Lipinski definition) is 1. The van der Waals surface area contributed by atoms with E-state index in [4.69, 9.17) is 0 Å². The Kier molecular flexibility index (Phi) is 11.1. The number of carbonyl (C=O) groups excluding carboxylic acids is 2. The van der Waals surface area contributed by atoms with Crippen molar-refractivity contribution in [1.29, 1.82) is 0 Å². The number of esters is 1. The average molecular weight is 286 g/mol. The molecule has 0 aromatic rings. The minimum Gasteiger partial charge on any atom is -0.469 e. The monoisotopic (exact) mass is 286 g/mol. The van der Waals surface area contributed by atoms with Gasteiger partial charge < -0.3 is 10.1 Å². The van der Waals surface area contributed by atoms with Crippen molar-refractivity contribution in [1.82, 2.24) is 10.2 Å². The van der Waals surface area contributed by atoms with E-state index in [0.29, 0.717) is 19.5 Å². The van der Waals surface area contributed by atoms with Crippen molar-refractivity contribution in [2.24, 2.45) is 0 Å². The van der Waals surface area contributed by atoms with Crippen molar-refractivity contribution >= 4 is 11.9 Å². The number of rotatable bonds is 11. The molecule has 0 aliphatic carbocycles. The SMILES string of the molecule is CCCCCC(C)NC(=O)CN(CC)CCC(=O)OC. The first-order valence-corrected chi connectivity index (χ1v) is 7.61. The number of likely N-dealkylation sites (N-methyl/N-ethyl adjacent to an activating group) is 1. The van der Waals surface area contributed by atoms with Crippen molar-refractivity contribution in [3.63, 3.8) is 0 Å². The van der Waals surface area contributed by atoms with Gasteiger partial charge in [0.15, 0.2) is 0 Å². The lowest BCUT2D eigenvalue weighted by molar-refractivity contribution is -0.141. The molecule has 20 heavy (non-hydrogen) atoms. The van der Waals surface area contributed by atoms with Crippen LogP contribution in [-0.2, 0) is 14.3 Å². The Hall–Kier alpha value is -1.10. The smallest absolute Gasteiger partial charge is 0.306 e. The predicted molar refractivity (Wildman–Crippen MR) is 80.5 cm³/mol. The van der Waals surface area contributed by atoms with Crippen molar-refractivity contribution in [2.45, 2.75) is 58.9 Å². The molecule has 0 saturated heterocycles. The molecule has 5 heteroatoms. The quantitative estimate of drug-likeness (QED) is 0.466. The molecule has 0 rings (SSSR count). The van der Waals surface area contributed by atoms with Crippen LogP contribution in [0.3, 0.4) is 0 Å². The molecule has 5 nitrogen and oxygen atoms in total. The van der Waals surface area contributed by atoms with Crippen molar-refractivity contribution in [2.75, 3.05) is 26.7 Å². The van der Waals surface area contributed by atoms with Gasteiger partial charge in [-0.1, -0.05) is 33.1 Å². The number of nitrogens with one attached hydrogen (secondary N) is 1. The summed E-state index contributed by atoms with van der Waals surface area (Å²) in [5.74, 6) is -0.211. The molecule has 0 fully saturated rings. The lowest BCUT2D eigenvalue weighted by Crippen LogP contribution is -2.41. The van der Waals surface area contributed by atoms with Gasteiger partial charge in [-0.05, 0) is 19.9 Å². The zero-order valence-electron chi connectivity index (χ0n) is 13.4. The van der Waals surface area contributed by atoms with Crippen molar-refractivity contribution < 1.29 is 14.3 Å². The van der Waals surface area contributed by atoms with Crippen LogP contribution in [0, 0.1) is 0 Å². The molecule has 0 spiro atoms. The summed E-state index contributed by atoms with van der Waals surface area (Å²) in [5.41, 5.74) is 0. The van der Waals surface area contributed by atoms with E-state index in [2.05, 4.69) is 17.0 Å². The molecular formula is C15H30N2O3. The van der Waals surface area contributed by atoms with E-state index in [1.54, 1.807) is 0 Å². The maximum atomic E-state index is 11.9. The second-order valence-electron chi connectivity index (χ2n) is 5.16. The largest absolute Gasteiger partial charge is 0.469 e. The van der Waals surface area contributed by atoms with Crippen LogP contribution in [0.4, 0.5) is 0 Å². The second kappa shape index (κ2) is 11.7. The summed E-state index contributed by atoms with van der Waals surface area (Å²) < 4.78 is 4.60. The molecular weight excluding hydrogens is 256 g/mol. The lowest BCUT2D eigenvalue weighted by Gasteiger charge is -2.21. The first-order chi connectivity index (χ1) is 9.53. The van der Waals surface area contributed by atoms with Crippen LogP contribution in [0.1, 0.15) is 52.9 Å². The molecule has 1 unspecified atom stereocenters. The summed E-state index contributed by atoms with van der Waals surface area (Å²) in [4.78, 5) is 24.9. The molecule has 0 saturated carbocycles. The van der Waals surface area contributed by atoms with Crippen LogP contribution in [0.2, 0.25) is 0 Å². The van der Waals surface area contributed by atoms with Crippen molar-refractivity contribution in [3.8, 4) is 0 Å². The molecule has 0 radical (unpaired) electrons. The number of ether oxygens (including phenoxy) is 1. The summed E-state index contributed by atoms with van der Waals surface area (Å²) in [7, 11) is 1.38. The summed E-state index contributed by atoms with van der Waals surface area (Å²) >= 11 is 0. The Bertz CT molecular complexity index is 282. The molecule has 1 N–H and O–H groups in total.